The molecule has 2 rings (SSSR count). The quantitative estimate of drug-likeness (QED) is 0.877. The van der Waals surface area contributed by atoms with Crippen molar-refractivity contribution in [2.45, 2.75) is 12.8 Å². The van der Waals surface area contributed by atoms with Crippen LogP contribution in [0.25, 0.3) is 0 Å². The lowest BCUT2D eigenvalue weighted by Gasteiger charge is -2.08. The van der Waals surface area contributed by atoms with Crippen LogP contribution in [-0.2, 0) is 11.2 Å². The molecule has 110 valence electrons. The van der Waals surface area contributed by atoms with E-state index in [9.17, 15) is 9.18 Å². The Kier molecular flexibility index (Phi) is 5.33. The van der Waals surface area contributed by atoms with Gasteiger partial charge < -0.3 is 10.1 Å². The van der Waals surface area contributed by atoms with E-state index in [0.717, 1.165) is 15.8 Å². The summed E-state index contributed by atoms with van der Waals surface area (Å²) in [7, 11) is 1.60. The van der Waals surface area contributed by atoms with Crippen molar-refractivity contribution >= 4 is 27.5 Å². The Balaban J connectivity index is 1.92. The summed E-state index contributed by atoms with van der Waals surface area (Å²) in [5, 5.41) is 2.57. The van der Waals surface area contributed by atoms with Gasteiger partial charge in [0.15, 0.2) is 0 Å². The van der Waals surface area contributed by atoms with Crippen LogP contribution in [0.3, 0.4) is 0 Å². The van der Waals surface area contributed by atoms with Gasteiger partial charge in [0.05, 0.1) is 17.3 Å². The van der Waals surface area contributed by atoms with Crippen LogP contribution < -0.4 is 10.1 Å². The highest BCUT2D eigenvalue weighted by atomic mass is 79.9. The van der Waals surface area contributed by atoms with E-state index in [-0.39, 0.29) is 18.0 Å². The van der Waals surface area contributed by atoms with Gasteiger partial charge in [-0.05, 0) is 52.2 Å². The van der Waals surface area contributed by atoms with E-state index in [1.807, 2.05) is 18.2 Å². The second-order valence-electron chi connectivity index (χ2n) is 4.50. The summed E-state index contributed by atoms with van der Waals surface area (Å²) in [6.07, 6.45) is 0.857. The van der Waals surface area contributed by atoms with Crippen molar-refractivity contribution in [2.24, 2.45) is 0 Å². The predicted molar refractivity (Wildman–Crippen MR) is 84.0 cm³/mol. The fourth-order valence-corrected chi connectivity index (χ4v) is 2.49. The van der Waals surface area contributed by atoms with Gasteiger partial charge in [-0.25, -0.2) is 4.39 Å². The minimum Gasteiger partial charge on any atom is -0.496 e. The van der Waals surface area contributed by atoms with Gasteiger partial charge >= 0.3 is 0 Å². The van der Waals surface area contributed by atoms with Crippen LogP contribution in [0.1, 0.15) is 12.0 Å². The van der Waals surface area contributed by atoms with Crippen LogP contribution in [0, 0.1) is 5.82 Å². The Labute approximate surface area is 131 Å². The van der Waals surface area contributed by atoms with Crippen molar-refractivity contribution in [3.63, 3.8) is 0 Å². The Morgan fingerprint density at radius 2 is 2.05 bits per heavy atom. The van der Waals surface area contributed by atoms with Gasteiger partial charge in [-0.15, -0.1) is 0 Å². The number of halogens is 2. The third-order valence-corrected chi connectivity index (χ3v) is 3.62. The molecule has 1 N–H and O–H groups in total. The van der Waals surface area contributed by atoms with Crippen molar-refractivity contribution < 1.29 is 13.9 Å². The lowest BCUT2D eigenvalue weighted by molar-refractivity contribution is -0.116. The van der Waals surface area contributed by atoms with Crippen molar-refractivity contribution in [3.05, 3.63) is 58.3 Å². The second-order valence-corrected chi connectivity index (χ2v) is 5.35. The fourth-order valence-electron chi connectivity index (χ4n) is 1.90. The average molecular weight is 352 g/mol. The molecule has 0 spiro atoms. The first kappa shape index (κ1) is 15.5. The monoisotopic (exact) mass is 351 g/mol. The molecule has 1 amide bonds. The summed E-state index contributed by atoms with van der Waals surface area (Å²) in [4.78, 5) is 11.8. The smallest absolute Gasteiger partial charge is 0.224 e. The molecule has 0 bridgehead atoms. The molecule has 2 aromatic carbocycles. The summed E-state index contributed by atoms with van der Waals surface area (Å²) in [6, 6.07) is 11.8. The zero-order valence-corrected chi connectivity index (χ0v) is 13.1. The second kappa shape index (κ2) is 7.22. The zero-order valence-electron chi connectivity index (χ0n) is 11.5. The lowest BCUT2D eigenvalue weighted by Crippen LogP contribution is -2.13. The number of aryl methyl sites for hydroxylation is 1. The van der Waals surface area contributed by atoms with Crippen molar-refractivity contribution in [1.82, 2.24) is 0 Å². The number of amides is 1. The molecule has 0 heterocycles. The van der Waals surface area contributed by atoms with Gasteiger partial charge in [-0.2, -0.15) is 0 Å². The van der Waals surface area contributed by atoms with Crippen LogP contribution in [0.15, 0.2) is 46.9 Å². The molecule has 0 fully saturated rings. The molecule has 0 atom stereocenters. The number of rotatable bonds is 5. The number of hydrogen-bond donors (Lipinski definition) is 1. The number of ether oxygens (including phenoxy) is 1. The van der Waals surface area contributed by atoms with E-state index in [1.54, 1.807) is 19.2 Å². The van der Waals surface area contributed by atoms with E-state index < -0.39 is 5.82 Å². The van der Waals surface area contributed by atoms with Crippen molar-refractivity contribution in [1.29, 1.82) is 0 Å². The largest absolute Gasteiger partial charge is 0.496 e. The van der Waals surface area contributed by atoms with Gasteiger partial charge in [-0.1, -0.05) is 18.2 Å². The molecule has 3 nitrogen and oxygen atoms in total. The Morgan fingerprint density at radius 1 is 1.29 bits per heavy atom. The molecule has 0 aliphatic heterocycles. The summed E-state index contributed by atoms with van der Waals surface area (Å²) < 4.78 is 19.4. The first-order valence-corrected chi connectivity index (χ1v) is 7.26. The highest BCUT2D eigenvalue weighted by molar-refractivity contribution is 9.10. The predicted octanol–water partition coefficient (Wildman–Crippen LogP) is 4.17. The highest BCUT2D eigenvalue weighted by Gasteiger charge is 2.07. The minimum absolute atomic E-state index is 0.207. The lowest BCUT2D eigenvalue weighted by atomic mass is 10.1. The van der Waals surface area contributed by atoms with E-state index in [4.69, 9.17) is 4.74 Å². The van der Waals surface area contributed by atoms with Crippen molar-refractivity contribution in [2.75, 3.05) is 12.4 Å². The maximum absolute atomic E-state index is 13.4. The molecule has 0 saturated heterocycles. The fraction of sp³-hybridized carbons (Fsp3) is 0.188. The third kappa shape index (κ3) is 4.29. The maximum Gasteiger partial charge on any atom is 0.224 e. The molecular formula is C16H15BrFNO2. The number of anilines is 1. The molecule has 0 radical (unpaired) electrons. The van der Waals surface area contributed by atoms with E-state index in [2.05, 4.69) is 21.2 Å². The number of para-hydroxylation sites is 1. The molecular weight excluding hydrogens is 337 g/mol. The normalized spacial score (nSPS) is 10.2. The first-order chi connectivity index (χ1) is 10.1. The number of hydrogen-bond acceptors (Lipinski definition) is 2. The van der Waals surface area contributed by atoms with Crippen LogP contribution in [0.2, 0.25) is 0 Å². The highest BCUT2D eigenvalue weighted by Crippen LogP contribution is 2.26. The number of carbonyl (C=O) groups is 1. The number of benzene rings is 2. The van der Waals surface area contributed by atoms with Gasteiger partial charge in [0.2, 0.25) is 5.91 Å². The molecule has 0 unspecified atom stereocenters. The molecule has 0 aromatic heterocycles. The molecule has 0 aliphatic rings. The van der Waals surface area contributed by atoms with E-state index >= 15 is 0 Å². The van der Waals surface area contributed by atoms with Crippen LogP contribution in [-0.4, -0.2) is 13.0 Å². The van der Waals surface area contributed by atoms with Crippen LogP contribution >= 0.6 is 15.9 Å². The van der Waals surface area contributed by atoms with Gasteiger partial charge in [0.1, 0.15) is 11.6 Å². The summed E-state index contributed by atoms with van der Waals surface area (Å²) in [6.45, 7) is 0. The SMILES string of the molecule is COc1ccc(CCC(=O)Nc2ccccc2F)cc1Br. The minimum atomic E-state index is -0.432. The number of carbonyl (C=O) groups excluding carboxylic acids is 1. The molecule has 2 aromatic rings. The van der Waals surface area contributed by atoms with Crippen LogP contribution in [0.5, 0.6) is 5.75 Å². The van der Waals surface area contributed by atoms with E-state index in [0.29, 0.717) is 6.42 Å². The zero-order chi connectivity index (χ0) is 15.2. The van der Waals surface area contributed by atoms with Gasteiger partial charge in [0.25, 0.3) is 0 Å². The average Bonchev–Trinajstić information content (AvgIpc) is 2.48. The third-order valence-electron chi connectivity index (χ3n) is 3.00. The topological polar surface area (TPSA) is 38.3 Å². The Bertz CT molecular complexity index is 646. The first-order valence-electron chi connectivity index (χ1n) is 6.47. The molecule has 5 heteroatoms. The van der Waals surface area contributed by atoms with E-state index in [1.165, 1.54) is 12.1 Å². The molecule has 21 heavy (non-hydrogen) atoms. The molecule has 0 aliphatic carbocycles. The molecule has 0 saturated carbocycles. The summed E-state index contributed by atoms with van der Waals surface area (Å²) in [5.74, 6) is 0.0969. The number of methoxy groups -OCH3 is 1. The van der Waals surface area contributed by atoms with Crippen molar-refractivity contribution in [3.8, 4) is 5.75 Å². The Hall–Kier alpha value is -1.88. The van der Waals surface area contributed by atoms with Gasteiger partial charge in [-0.3, -0.25) is 4.79 Å². The number of nitrogens with one attached hydrogen (secondary N) is 1. The Morgan fingerprint density at radius 3 is 2.71 bits per heavy atom. The summed E-state index contributed by atoms with van der Waals surface area (Å²) >= 11 is 3.40. The van der Waals surface area contributed by atoms with Gasteiger partial charge in [0, 0.05) is 6.42 Å². The van der Waals surface area contributed by atoms with Crippen LogP contribution in [0.4, 0.5) is 10.1 Å². The summed E-state index contributed by atoms with van der Waals surface area (Å²) in [5.41, 5.74) is 1.21. The maximum atomic E-state index is 13.4. The standard InChI is InChI=1S/C16H15BrFNO2/c1-21-15-8-6-11(10-12(15)17)7-9-16(20)19-14-5-3-2-4-13(14)18/h2-6,8,10H,7,9H2,1H3,(H,19,20).